The maximum atomic E-state index is 12.3. The number of hydrogen-bond acceptors (Lipinski definition) is 16. The van der Waals surface area contributed by atoms with Crippen LogP contribution in [0.4, 0.5) is 0 Å². The van der Waals surface area contributed by atoms with Gasteiger partial charge in [0.1, 0.15) is 26.4 Å². The van der Waals surface area contributed by atoms with Crippen molar-refractivity contribution in [3.8, 4) is 0 Å². The Morgan fingerprint density at radius 1 is 0.429 bits per heavy atom. The smallest absolute Gasteiger partial charge is 0.306 e. The van der Waals surface area contributed by atoms with Crippen LogP contribution in [0.3, 0.4) is 0 Å². The number of aliphatic imine (C=N–C) groups is 4. The number of rotatable bonds is 31. The summed E-state index contributed by atoms with van der Waals surface area (Å²) in [6, 6.07) is 0. The zero-order chi connectivity index (χ0) is 42.5. The van der Waals surface area contributed by atoms with Gasteiger partial charge in [-0.3, -0.25) is 48.7 Å². The third kappa shape index (κ3) is 30.1. The highest BCUT2D eigenvalue weighted by Crippen LogP contribution is 2.06. The molecular formula is C40H66N4O12. The first-order valence-electron chi connectivity index (χ1n) is 19.3. The lowest BCUT2D eigenvalue weighted by atomic mass is 10.2. The number of carbonyl (C=O) groups excluding carboxylic acids is 6. The van der Waals surface area contributed by atoms with Gasteiger partial charge in [0.15, 0.2) is 11.6 Å². The molecule has 0 aliphatic carbocycles. The molecule has 0 saturated carbocycles. The van der Waals surface area contributed by atoms with Crippen molar-refractivity contribution >= 4 is 58.3 Å². The molecule has 0 aromatic carbocycles. The molecule has 0 fully saturated rings. The van der Waals surface area contributed by atoms with Crippen molar-refractivity contribution in [1.29, 1.82) is 0 Å². The van der Waals surface area contributed by atoms with E-state index in [1.54, 1.807) is 62.4 Å². The van der Waals surface area contributed by atoms with Gasteiger partial charge < -0.3 is 28.4 Å². The van der Waals surface area contributed by atoms with Gasteiger partial charge in [0.2, 0.25) is 0 Å². The van der Waals surface area contributed by atoms with Crippen LogP contribution in [-0.2, 0) is 57.2 Å². The highest BCUT2D eigenvalue weighted by Gasteiger charge is 2.16. The first-order chi connectivity index (χ1) is 26.4. The minimum absolute atomic E-state index is 0.0239. The first kappa shape index (κ1) is 51.8. The molecule has 16 heteroatoms. The minimum atomic E-state index is -0.435. The first-order valence-corrected chi connectivity index (χ1v) is 19.3. The lowest BCUT2D eigenvalue weighted by Gasteiger charge is -2.19. The van der Waals surface area contributed by atoms with Gasteiger partial charge in [-0.1, -0.05) is 6.92 Å². The van der Waals surface area contributed by atoms with Crippen molar-refractivity contribution in [2.45, 2.75) is 145 Å². The van der Waals surface area contributed by atoms with E-state index >= 15 is 0 Å². The average molecular weight is 795 g/mol. The molecule has 0 rings (SSSR count). The van der Waals surface area contributed by atoms with Crippen molar-refractivity contribution in [2.24, 2.45) is 20.0 Å². The average Bonchev–Trinajstić information content (AvgIpc) is 3.17. The summed E-state index contributed by atoms with van der Waals surface area (Å²) < 4.78 is 32.5. The van der Waals surface area contributed by atoms with Crippen LogP contribution in [0.25, 0.3) is 0 Å². The largest absolute Gasteiger partial charge is 0.463 e. The van der Waals surface area contributed by atoms with Gasteiger partial charge in [-0.05, 0) is 81.1 Å². The fourth-order valence-corrected chi connectivity index (χ4v) is 4.39. The van der Waals surface area contributed by atoms with E-state index in [0.29, 0.717) is 49.2 Å². The van der Waals surface area contributed by atoms with Crippen LogP contribution in [0.2, 0.25) is 0 Å². The van der Waals surface area contributed by atoms with Gasteiger partial charge in [0.05, 0.1) is 69.7 Å². The molecule has 318 valence electrons. The summed E-state index contributed by atoms with van der Waals surface area (Å²) in [6.45, 7) is 16.1. The highest BCUT2D eigenvalue weighted by atomic mass is 16.6. The highest BCUT2D eigenvalue weighted by molar-refractivity contribution is 5.92. The number of nitrogens with zero attached hydrogens (tertiary/aromatic N) is 4. The summed E-state index contributed by atoms with van der Waals surface area (Å²) in [6.07, 6.45) is 1.01. The zero-order valence-electron chi connectivity index (χ0n) is 35.3. The number of ketones is 2. The summed E-state index contributed by atoms with van der Waals surface area (Å²) in [4.78, 5) is 88.7. The van der Waals surface area contributed by atoms with Crippen molar-refractivity contribution in [3.63, 3.8) is 0 Å². The maximum Gasteiger partial charge on any atom is 0.306 e. The van der Waals surface area contributed by atoms with E-state index in [1.165, 1.54) is 0 Å². The molecule has 0 radical (unpaired) electrons. The van der Waals surface area contributed by atoms with Gasteiger partial charge in [-0.2, -0.15) is 0 Å². The topological polar surface area (TPSA) is 207 Å². The molecule has 4 unspecified atom stereocenters. The molecule has 0 aliphatic rings. The molecule has 16 nitrogen and oxygen atoms in total. The molecule has 0 spiro atoms. The van der Waals surface area contributed by atoms with E-state index in [9.17, 15) is 28.8 Å². The second kappa shape index (κ2) is 31.0. The molecule has 0 bridgehead atoms. The number of esters is 4. The molecule has 0 aliphatic heterocycles. The molecule has 0 amide bonds. The summed E-state index contributed by atoms with van der Waals surface area (Å²) in [5, 5.41) is 0. The summed E-state index contributed by atoms with van der Waals surface area (Å²) in [5.41, 5.74) is 2.84. The lowest BCUT2D eigenvalue weighted by Crippen LogP contribution is -2.27. The van der Waals surface area contributed by atoms with Crippen molar-refractivity contribution in [3.05, 3.63) is 0 Å². The van der Waals surface area contributed by atoms with E-state index in [4.69, 9.17) is 28.4 Å². The van der Waals surface area contributed by atoms with Gasteiger partial charge >= 0.3 is 23.9 Å². The number of Topliss-reactive ketones (excluding diaryl/α,β-unsaturated/α-hetero) is 2. The quantitative estimate of drug-likeness (QED) is 0.0523. The Bertz CT molecular complexity index is 1370. The summed E-state index contributed by atoms with van der Waals surface area (Å²) in [5.74, 6) is -1.74. The molecule has 0 saturated heterocycles. The Labute approximate surface area is 332 Å². The number of hydrogen-bond donors (Lipinski definition) is 0. The Hall–Kier alpha value is -4.18. The van der Waals surface area contributed by atoms with Crippen molar-refractivity contribution in [2.75, 3.05) is 53.1 Å². The van der Waals surface area contributed by atoms with Crippen molar-refractivity contribution < 1.29 is 57.2 Å². The summed E-state index contributed by atoms with van der Waals surface area (Å²) >= 11 is 0. The molecule has 4 atom stereocenters. The fraction of sp³-hybridized carbons (Fsp3) is 0.750. The van der Waals surface area contributed by atoms with E-state index in [2.05, 4.69) is 20.0 Å². The second-order valence-corrected chi connectivity index (χ2v) is 13.8. The molecular weight excluding hydrogens is 728 g/mol. The van der Waals surface area contributed by atoms with Gasteiger partial charge in [-0.25, -0.2) is 0 Å². The molecule has 0 aromatic rings. The van der Waals surface area contributed by atoms with Crippen LogP contribution >= 0.6 is 0 Å². The molecule has 56 heavy (non-hydrogen) atoms. The van der Waals surface area contributed by atoms with Gasteiger partial charge in [0, 0.05) is 36.3 Å². The van der Waals surface area contributed by atoms with Crippen LogP contribution in [0.1, 0.15) is 120 Å². The van der Waals surface area contributed by atoms with Crippen molar-refractivity contribution in [1.82, 2.24) is 0 Å². The molecule has 0 N–H and O–H groups in total. The lowest BCUT2D eigenvalue weighted by molar-refractivity contribution is -0.154. The van der Waals surface area contributed by atoms with Gasteiger partial charge in [-0.15, -0.1) is 0 Å². The van der Waals surface area contributed by atoms with Gasteiger partial charge in [0.25, 0.3) is 0 Å². The van der Waals surface area contributed by atoms with E-state index in [0.717, 1.165) is 5.71 Å². The predicted molar refractivity (Wildman–Crippen MR) is 214 cm³/mol. The van der Waals surface area contributed by atoms with E-state index in [1.807, 2.05) is 6.92 Å². The monoisotopic (exact) mass is 794 g/mol. The van der Waals surface area contributed by atoms with Crippen LogP contribution in [0.15, 0.2) is 20.0 Å². The van der Waals surface area contributed by atoms with E-state index in [-0.39, 0.29) is 95.4 Å². The fourth-order valence-electron chi connectivity index (χ4n) is 4.39. The number of ether oxygens (including phenoxy) is 6. The standard InChI is InChI=1S/C40H66N4O12/c1-11-35(45)20-42-28(3)13-17-38(48)52-24-33(8)56-34(9)26-54-40(50)19-15-30(5)44-22-36(46)21-43-29(4)14-18-39(49)53-25-32(7)55-31(6)23-51-37(47)16-12-27(2)41-10/h31-34H,11-26H2,1-10H3. The van der Waals surface area contributed by atoms with E-state index < -0.39 is 36.2 Å². The Morgan fingerprint density at radius 2 is 0.696 bits per heavy atom. The normalized spacial score (nSPS) is 14.7. The van der Waals surface area contributed by atoms with Crippen LogP contribution in [0, 0.1) is 0 Å². The third-order valence-corrected chi connectivity index (χ3v) is 7.96. The van der Waals surface area contributed by atoms with Crippen LogP contribution < -0.4 is 0 Å². The molecule has 0 heterocycles. The minimum Gasteiger partial charge on any atom is -0.463 e. The predicted octanol–water partition coefficient (Wildman–Crippen LogP) is 4.89. The Balaban J connectivity index is 4.22. The summed E-state index contributed by atoms with van der Waals surface area (Å²) in [7, 11) is 1.68. The van der Waals surface area contributed by atoms with Crippen LogP contribution in [-0.4, -0.2) is 136 Å². The SMILES string of the molecule is CCC(=O)CN=C(C)CCC(=O)OCC(C)OC(C)COC(=O)CCC(C)=NCC(=O)CN=C(C)CCC(=O)OCC(C)OC(C)COC(=O)CCC(C)=NC. The molecule has 0 aromatic heterocycles. The van der Waals surface area contributed by atoms with Crippen LogP contribution in [0.5, 0.6) is 0 Å². The second-order valence-electron chi connectivity index (χ2n) is 13.8. The Kier molecular flexibility index (Phi) is 28.7. The maximum absolute atomic E-state index is 12.3. The zero-order valence-corrected chi connectivity index (χ0v) is 35.3. The Morgan fingerprint density at radius 3 is 0.964 bits per heavy atom. The third-order valence-electron chi connectivity index (χ3n) is 7.96. The number of carbonyl (C=O) groups is 6.